The number of fused-ring (bicyclic) bond motifs is 1. The SMILES string of the molecule is c1ccc(CN2C3CC32)cc1. The number of likely N-dealkylation sites (tertiary alicyclic amines) is 1. The third-order valence-corrected chi connectivity index (χ3v) is 2.69. The molecular formula is C10H11N. The topological polar surface area (TPSA) is 3.01 Å². The molecule has 1 saturated carbocycles. The van der Waals surface area contributed by atoms with Crippen molar-refractivity contribution >= 4 is 0 Å². The fourth-order valence-corrected chi connectivity index (χ4v) is 1.72. The summed E-state index contributed by atoms with van der Waals surface area (Å²) in [6.45, 7) is 1.18. The fourth-order valence-electron chi connectivity index (χ4n) is 1.72. The molecule has 0 N–H and O–H groups in total. The van der Waals surface area contributed by atoms with E-state index in [1.807, 2.05) is 0 Å². The zero-order valence-corrected chi connectivity index (χ0v) is 6.40. The average molecular weight is 145 g/mol. The second-order valence-electron chi connectivity index (χ2n) is 3.53. The second kappa shape index (κ2) is 1.86. The van der Waals surface area contributed by atoms with Gasteiger partial charge in [-0.15, -0.1) is 0 Å². The van der Waals surface area contributed by atoms with Crippen LogP contribution in [0.3, 0.4) is 0 Å². The summed E-state index contributed by atoms with van der Waals surface area (Å²) >= 11 is 0. The Morgan fingerprint density at radius 1 is 1.18 bits per heavy atom. The molecule has 0 spiro atoms. The van der Waals surface area contributed by atoms with Crippen molar-refractivity contribution in [2.75, 3.05) is 0 Å². The van der Waals surface area contributed by atoms with Gasteiger partial charge in [0.2, 0.25) is 0 Å². The maximum absolute atomic E-state index is 2.55. The third kappa shape index (κ3) is 0.881. The predicted molar refractivity (Wildman–Crippen MR) is 44.2 cm³/mol. The van der Waals surface area contributed by atoms with Crippen molar-refractivity contribution in [3.05, 3.63) is 35.9 Å². The van der Waals surface area contributed by atoms with Crippen molar-refractivity contribution in [1.82, 2.24) is 4.90 Å². The maximum Gasteiger partial charge on any atom is 0.0275 e. The lowest BCUT2D eigenvalue weighted by Crippen LogP contribution is -2.07. The number of hydrogen-bond acceptors (Lipinski definition) is 1. The molecule has 56 valence electrons. The van der Waals surface area contributed by atoms with E-state index in [2.05, 4.69) is 35.2 Å². The lowest BCUT2D eigenvalue weighted by Gasteiger charge is -2.06. The Balaban J connectivity index is 1.71. The summed E-state index contributed by atoms with van der Waals surface area (Å²) in [5.74, 6) is 0. The summed E-state index contributed by atoms with van der Waals surface area (Å²) in [4.78, 5) is 2.55. The number of nitrogens with zero attached hydrogens (tertiary/aromatic N) is 1. The highest BCUT2D eigenvalue weighted by atomic mass is 15.4. The quantitative estimate of drug-likeness (QED) is 0.572. The molecule has 2 atom stereocenters. The van der Waals surface area contributed by atoms with Gasteiger partial charge in [-0.3, -0.25) is 4.90 Å². The lowest BCUT2D eigenvalue weighted by molar-refractivity contribution is 0.407. The van der Waals surface area contributed by atoms with Crippen LogP contribution in [0.5, 0.6) is 0 Å². The second-order valence-corrected chi connectivity index (χ2v) is 3.53. The van der Waals surface area contributed by atoms with Gasteiger partial charge in [-0.05, 0) is 12.0 Å². The molecule has 3 rings (SSSR count). The van der Waals surface area contributed by atoms with Crippen molar-refractivity contribution < 1.29 is 0 Å². The van der Waals surface area contributed by atoms with Gasteiger partial charge in [0, 0.05) is 18.6 Å². The molecule has 2 aliphatic rings. The molecule has 1 aromatic rings. The predicted octanol–water partition coefficient (Wildman–Crippen LogP) is 1.64. The van der Waals surface area contributed by atoms with Crippen LogP contribution in [0.15, 0.2) is 30.3 Å². The van der Waals surface area contributed by atoms with Crippen LogP contribution in [0.4, 0.5) is 0 Å². The Morgan fingerprint density at radius 2 is 1.91 bits per heavy atom. The molecule has 11 heavy (non-hydrogen) atoms. The van der Waals surface area contributed by atoms with Gasteiger partial charge in [-0.1, -0.05) is 30.3 Å². The van der Waals surface area contributed by atoms with Gasteiger partial charge >= 0.3 is 0 Å². The fraction of sp³-hybridized carbons (Fsp3) is 0.400. The average Bonchev–Trinajstić information content (AvgIpc) is 2.90. The Kier molecular flexibility index (Phi) is 0.977. The molecule has 1 saturated heterocycles. The first-order chi connectivity index (χ1) is 5.45. The van der Waals surface area contributed by atoms with Crippen LogP contribution < -0.4 is 0 Å². The first kappa shape index (κ1) is 5.78. The minimum absolute atomic E-state index is 0.982. The molecule has 1 aliphatic heterocycles. The van der Waals surface area contributed by atoms with Crippen LogP contribution >= 0.6 is 0 Å². The van der Waals surface area contributed by atoms with E-state index in [4.69, 9.17) is 0 Å². The lowest BCUT2D eigenvalue weighted by atomic mass is 10.2. The third-order valence-electron chi connectivity index (χ3n) is 2.69. The highest BCUT2D eigenvalue weighted by molar-refractivity contribution is 5.23. The molecule has 0 aromatic heterocycles. The molecule has 2 unspecified atom stereocenters. The summed E-state index contributed by atoms with van der Waals surface area (Å²) in [5, 5.41) is 0. The molecule has 1 heterocycles. The summed E-state index contributed by atoms with van der Waals surface area (Å²) in [7, 11) is 0. The number of rotatable bonds is 2. The first-order valence-electron chi connectivity index (χ1n) is 4.25. The van der Waals surface area contributed by atoms with Gasteiger partial charge < -0.3 is 0 Å². The molecule has 1 nitrogen and oxygen atoms in total. The molecule has 0 bridgehead atoms. The number of hydrogen-bond donors (Lipinski definition) is 0. The minimum Gasteiger partial charge on any atom is -0.290 e. The van der Waals surface area contributed by atoms with Gasteiger partial charge in [0.25, 0.3) is 0 Å². The van der Waals surface area contributed by atoms with Crippen LogP contribution in [-0.4, -0.2) is 17.0 Å². The Hall–Kier alpha value is -0.820. The Morgan fingerprint density at radius 3 is 2.45 bits per heavy atom. The zero-order valence-electron chi connectivity index (χ0n) is 6.40. The van der Waals surface area contributed by atoms with E-state index in [-0.39, 0.29) is 0 Å². The largest absolute Gasteiger partial charge is 0.290 e. The molecule has 0 amide bonds. The van der Waals surface area contributed by atoms with Crippen LogP contribution in [0, 0.1) is 0 Å². The van der Waals surface area contributed by atoms with Crippen LogP contribution in [0.1, 0.15) is 12.0 Å². The smallest absolute Gasteiger partial charge is 0.0275 e. The standard InChI is InChI=1S/C10H11N/c1-2-4-8(5-3-1)7-11-9-6-10(9)11/h1-5,9-10H,6-7H2. The molecule has 1 heteroatoms. The van der Waals surface area contributed by atoms with E-state index < -0.39 is 0 Å². The van der Waals surface area contributed by atoms with Crippen molar-refractivity contribution in [1.29, 1.82) is 0 Å². The first-order valence-corrected chi connectivity index (χ1v) is 4.25. The molecular weight excluding hydrogens is 134 g/mol. The molecule has 1 aromatic carbocycles. The monoisotopic (exact) mass is 145 g/mol. The van der Waals surface area contributed by atoms with Gasteiger partial charge in [-0.25, -0.2) is 0 Å². The molecule has 1 aliphatic carbocycles. The van der Waals surface area contributed by atoms with E-state index in [0.29, 0.717) is 0 Å². The van der Waals surface area contributed by atoms with Crippen molar-refractivity contribution in [2.45, 2.75) is 25.0 Å². The van der Waals surface area contributed by atoms with Crippen LogP contribution in [0.25, 0.3) is 0 Å². The van der Waals surface area contributed by atoms with Gasteiger partial charge in [0.1, 0.15) is 0 Å². The normalized spacial score (nSPS) is 38.0. The van der Waals surface area contributed by atoms with Crippen LogP contribution in [0.2, 0.25) is 0 Å². The van der Waals surface area contributed by atoms with Gasteiger partial charge in [0.15, 0.2) is 0 Å². The van der Waals surface area contributed by atoms with E-state index in [0.717, 1.165) is 12.1 Å². The van der Waals surface area contributed by atoms with E-state index in [1.165, 1.54) is 18.5 Å². The zero-order chi connectivity index (χ0) is 7.26. The highest BCUT2D eigenvalue weighted by Gasteiger charge is 2.61. The van der Waals surface area contributed by atoms with E-state index in [1.54, 1.807) is 0 Å². The summed E-state index contributed by atoms with van der Waals surface area (Å²) in [5.41, 5.74) is 1.46. The Bertz CT molecular complexity index is 259. The van der Waals surface area contributed by atoms with Crippen molar-refractivity contribution in [2.24, 2.45) is 0 Å². The molecule has 0 radical (unpaired) electrons. The van der Waals surface area contributed by atoms with E-state index in [9.17, 15) is 0 Å². The van der Waals surface area contributed by atoms with Gasteiger partial charge in [0.05, 0.1) is 0 Å². The van der Waals surface area contributed by atoms with Crippen molar-refractivity contribution in [3.8, 4) is 0 Å². The van der Waals surface area contributed by atoms with E-state index >= 15 is 0 Å². The van der Waals surface area contributed by atoms with Crippen LogP contribution in [-0.2, 0) is 6.54 Å². The summed E-state index contributed by atoms with van der Waals surface area (Å²) < 4.78 is 0. The molecule has 2 fully saturated rings. The van der Waals surface area contributed by atoms with Crippen molar-refractivity contribution in [3.63, 3.8) is 0 Å². The number of benzene rings is 1. The maximum atomic E-state index is 2.55. The summed E-state index contributed by atoms with van der Waals surface area (Å²) in [6, 6.07) is 12.7. The highest BCUT2D eigenvalue weighted by Crippen LogP contribution is 2.51. The minimum atomic E-state index is 0.982. The Labute approximate surface area is 66.6 Å². The summed E-state index contributed by atoms with van der Waals surface area (Å²) in [6.07, 6.45) is 1.47. The van der Waals surface area contributed by atoms with Gasteiger partial charge in [-0.2, -0.15) is 0 Å².